The molecule has 2 atom stereocenters. The lowest BCUT2D eigenvalue weighted by atomic mass is 9.85. The van der Waals surface area contributed by atoms with Crippen LogP contribution in [0.3, 0.4) is 0 Å². The second-order valence-electron chi connectivity index (χ2n) is 7.62. The molecule has 2 amide bonds. The highest BCUT2D eigenvalue weighted by Crippen LogP contribution is 2.37. The number of ether oxygens (including phenoxy) is 2. The molecule has 7 nitrogen and oxygen atoms in total. The number of piperidine rings is 2. The minimum absolute atomic E-state index is 0.0855. The van der Waals surface area contributed by atoms with E-state index in [9.17, 15) is 9.59 Å². The first-order chi connectivity index (χ1) is 12.0. The van der Waals surface area contributed by atoms with Crippen molar-refractivity contribution in [1.82, 2.24) is 9.80 Å². The Morgan fingerprint density at radius 3 is 2.60 bits per heavy atom. The van der Waals surface area contributed by atoms with Gasteiger partial charge in [0.1, 0.15) is 5.60 Å². The third kappa shape index (κ3) is 4.15. The Morgan fingerprint density at radius 2 is 2.00 bits per heavy atom. The molecule has 0 aliphatic carbocycles. The summed E-state index contributed by atoms with van der Waals surface area (Å²) in [6.07, 6.45) is 5.06. The molecule has 0 bridgehead atoms. The number of primary amides is 1. The van der Waals surface area contributed by atoms with Gasteiger partial charge in [0.2, 0.25) is 11.8 Å². The van der Waals surface area contributed by atoms with Crippen molar-refractivity contribution >= 4 is 11.8 Å². The predicted octanol–water partition coefficient (Wildman–Crippen LogP) is 0.370. The zero-order valence-corrected chi connectivity index (χ0v) is 15.2. The number of nitrogens with zero attached hydrogens (tertiary/aromatic N) is 2. The molecule has 7 heteroatoms. The van der Waals surface area contributed by atoms with Crippen LogP contribution in [0.2, 0.25) is 0 Å². The first-order valence-electron chi connectivity index (χ1n) is 9.50. The number of likely N-dealkylation sites (tertiary alicyclic amines) is 2. The third-order valence-corrected chi connectivity index (χ3v) is 6.05. The van der Waals surface area contributed by atoms with Gasteiger partial charge < -0.3 is 25.0 Å². The fourth-order valence-electron chi connectivity index (χ4n) is 4.59. The molecule has 0 unspecified atom stereocenters. The van der Waals surface area contributed by atoms with E-state index in [1.165, 1.54) is 0 Å². The molecule has 3 saturated heterocycles. The summed E-state index contributed by atoms with van der Waals surface area (Å²) in [5, 5.41) is 0. The van der Waals surface area contributed by atoms with Crippen LogP contribution in [0.25, 0.3) is 0 Å². The van der Waals surface area contributed by atoms with Crippen molar-refractivity contribution in [2.75, 3.05) is 46.4 Å². The number of carbonyl (C=O) groups is 2. The van der Waals surface area contributed by atoms with Gasteiger partial charge in [-0.25, -0.2) is 0 Å². The van der Waals surface area contributed by atoms with Crippen molar-refractivity contribution in [3.05, 3.63) is 0 Å². The van der Waals surface area contributed by atoms with Crippen molar-refractivity contribution in [3.63, 3.8) is 0 Å². The normalized spacial score (nSPS) is 31.6. The number of methoxy groups -OCH3 is 1. The number of nitrogens with two attached hydrogens (primary N) is 1. The van der Waals surface area contributed by atoms with Gasteiger partial charge in [-0.15, -0.1) is 0 Å². The average Bonchev–Trinajstić information content (AvgIpc) is 3.08. The molecule has 142 valence electrons. The van der Waals surface area contributed by atoms with Crippen molar-refractivity contribution in [3.8, 4) is 0 Å². The number of rotatable bonds is 5. The topological polar surface area (TPSA) is 85.1 Å². The van der Waals surface area contributed by atoms with E-state index >= 15 is 0 Å². The van der Waals surface area contributed by atoms with Crippen LogP contribution in [0, 0.1) is 5.92 Å². The van der Waals surface area contributed by atoms with Crippen molar-refractivity contribution < 1.29 is 19.1 Å². The van der Waals surface area contributed by atoms with E-state index < -0.39 is 0 Å². The van der Waals surface area contributed by atoms with Gasteiger partial charge in [0.05, 0.1) is 12.6 Å². The number of carbonyl (C=O) groups excluding carboxylic acids is 2. The van der Waals surface area contributed by atoms with Crippen LogP contribution >= 0.6 is 0 Å². The molecule has 0 aromatic carbocycles. The third-order valence-electron chi connectivity index (χ3n) is 6.05. The Kier molecular flexibility index (Phi) is 5.96. The number of amides is 2. The molecule has 0 aromatic heterocycles. The van der Waals surface area contributed by atoms with Gasteiger partial charge in [-0.3, -0.25) is 9.59 Å². The SMILES string of the molecule is CO[C@H]1CCN(C(=O)C2CCN(CCC(N)=O)CC2)C[C@@]12CCCO2. The Bertz CT molecular complexity index is 485. The molecular formula is C18H31N3O4. The zero-order chi connectivity index (χ0) is 17.9. The quantitative estimate of drug-likeness (QED) is 0.772. The van der Waals surface area contributed by atoms with Gasteiger partial charge in [0.25, 0.3) is 0 Å². The molecule has 3 aliphatic rings. The molecule has 3 heterocycles. The zero-order valence-electron chi connectivity index (χ0n) is 15.2. The van der Waals surface area contributed by atoms with Crippen molar-refractivity contribution in [1.29, 1.82) is 0 Å². The van der Waals surface area contributed by atoms with E-state index in [-0.39, 0.29) is 29.4 Å². The summed E-state index contributed by atoms with van der Waals surface area (Å²) in [6, 6.07) is 0. The Labute approximate surface area is 149 Å². The standard InChI is InChI=1S/C18H31N3O4/c1-24-15-5-11-21(13-18(15)7-2-12-25-18)17(23)14-3-8-20(9-4-14)10-6-16(19)22/h14-15H,2-13H2,1H3,(H2,19,22)/t15-,18-/m0/s1. The minimum Gasteiger partial charge on any atom is -0.378 e. The smallest absolute Gasteiger partial charge is 0.225 e. The highest BCUT2D eigenvalue weighted by Gasteiger charge is 2.48. The maximum atomic E-state index is 13.0. The summed E-state index contributed by atoms with van der Waals surface area (Å²) in [4.78, 5) is 28.1. The maximum absolute atomic E-state index is 13.0. The summed E-state index contributed by atoms with van der Waals surface area (Å²) in [6.45, 7) is 4.60. The summed E-state index contributed by atoms with van der Waals surface area (Å²) in [7, 11) is 1.74. The summed E-state index contributed by atoms with van der Waals surface area (Å²) in [5.41, 5.74) is 4.91. The maximum Gasteiger partial charge on any atom is 0.225 e. The van der Waals surface area contributed by atoms with E-state index in [1.54, 1.807) is 7.11 Å². The van der Waals surface area contributed by atoms with Gasteiger partial charge >= 0.3 is 0 Å². The fourth-order valence-corrected chi connectivity index (χ4v) is 4.59. The lowest BCUT2D eigenvalue weighted by Gasteiger charge is -2.46. The van der Waals surface area contributed by atoms with E-state index in [0.29, 0.717) is 19.5 Å². The van der Waals surface area contributed by atoms with Gasteiger partial charge in [-0.2, -0.15) is 0 Å². The summed E-state index contributed by atoms with van der Waals surface area (Å²) < 4.78 is 11.7. The van der Waals surface area contributed by atoms with Crippen LogP contribution in [0.1, 0.15) is 38.5 Å². The average molecular weight is 353 g/mol. The van der Waals surface area contributed by atoms with Crippen LogP contribution in [0.5, 0.6) is 0 Å². The second kappa shape index (κ2) is 8.01. The molecule has 3 fully saturated rings. The van der Waals surface area contributed by atoms with Gasteiger partial charge in [0.15, 0.2) is 0 Å². The summed E-state index contributed by atoms with van der Waals surface area (Å²) >= 11 is 0. The second-order valence-corrected chi connectivity index (χ2v) is 7.62. The van der Waals surface area contributed by atoms with Crippen molar-refractivity contribution in [2.45, 2.75) is 50.2 Å². The number of hydrogen-bond donors (Lipinski definition) is 1. The molecular weight excluding hydrogens is 322 g/mol. The highest BCUT2D eigenvalue weighted by atomic mass is 16.6. The fraction of sp³-hybridized carbons (Fsp3) is 0.889. The van der Waals surface area contributed by atoms with Gasteiger partial charge in [-0.1, -0.05) is 0 Å². The highest BCUT2D eigenvalue weighted by molar-refractivity contribution is 5.79. The molecule has 1 spiro atoms. The van der Waals surface area contributed by atoms with Crippen LogP contribution < -0.4 is 5.73 Å². The first-order valence-corrected chi connectivity index (χ1v) is 9.50. The molecule has 2 N–H and O–H groups in total. The van der Waals surface area contributed by atoms with Gasteiger partial charge in [0, 0.05) is 39.1 Å². The molecule has 0 radical (unpaired) electrons. The molecule has 25 heavy (non-hydrogen) atoms. The lowest BCUT2D eigenvalue weighted by Crippen LogP contribution is -2.59. The van der Waals surface area contributed by atoms with Gasteiger partial charge in [-0.05, 0) is 45.2 Å². The molecule has 3 rings (SSSR count). The van der Waals surface area contributed by atoms with E-state index in [4.69, 9.17) is 15.2 Å². The van der Waals surface area contributed by atoms with Crippen LogP contribution in [0.4, 0.5) is 0 Å². The van der Waals surface area contributed by atoms with Crippen molar-refractivity contribution in [2.24, 2.45) is 11.7 Å². The Hall–Kier alpha value is -1.18. The monoisotopic (exact) mass is 353 g/mol. The predicted molar refractivity (Wildman–Crippen MR) is 92.9 cm³/mol. The van der Waals surface area contributed by atoms with Crippen LogP contribution in [-0.4, -0.2) is 79.8 Å². The molecule has 3 aliphatic heterocycles. The molecule has 0 saturated carbocycles. The van der Waals surface area contributed by atoms with E-state index in [0.717, 1.165) is 58.3 Å². The largest absolute Gasteiger partial charge is 0.378 e. The molecule has 0 aromatic rings. The van der Waals surface area contributed by atoms with E-state index in [1.807, 2.05) is 4.90 Å². The van der Waals surface area contributed by atoms with Crippen LogP contribution in [0.15, 0.2) is 0 Å². The number of hydrogen-bond acceptors (Lipinski definition) is 5. The van der Waals surface area contributed by atoms with Crippen LogP contribution in [-0.2, 0) is 19.1 Å². The summed E-state index contributed by atoms with van der Waals surface area (Å²) in [5.74, 6) is 0.0856. The Morgan fingerprint density at radius 1 is 1.24 bits per heavy atom. The Balaban J connectivity index is 1.53. The minimum atomic E-state index is -0.301. The first kappa shape index (κ1) is 18.6. The lowest BCUT2D eigenvalue weighted by molar-refractivity contribution is -0.164. The van der Waals surface area contributed by atoms with E-state index in [2.05, 4.69) is 4.90 Å².